The Morgan fingerprint density at radius 3 is 1.55 bits per heavy atom. The summed E-state index contributed by atoms with van der Waals surface area (Å²) in [5.41, 5.74) is 0. The Kier molecular flexibility index (Phi) is 3.15. The number of aliphatic hydroxyl groups is 4. The zero-order chi connectivity index (χ0) is 8.43. The van der Waals surface area contributed by atoms with Gasteiger partial charge >= 0.3 is 0 Å². The monoisotopic (exact) mass is 180 g/mol. The first-order valence-corrected chi connectivity index (χ1v) is 4.58. The molecule has 0 saturated carbocycles. The van der Waals surface area contributed by atoms with Crippen molar-refractivity contribution in [3.63, 3.8) is 0 Å². The summed E-state index contributed by atoms with van der Waals surface area (Å²) in [5.74, 6) is 0.713. The van der Waals surface area contributed by atoms with Crippen LogP contribution in [-0.4, -0.2) is 56.3 Å². The van der Waals surface area contributed by atoms with Gasteiger partial charge in [-0.1, -0.05) is 0 Å². The Bertz CT molecular complexity index is 118. The fourth-order valence-corrected chi connectivity index (χ4v) is 1.98. The van der Waals surface area contributed by atoms with Gasteiger partial charge in [-0.05, 0) is 0 Å². The topological polar surface area (TPSA) is 80.9 Å². The molecule has 4 atom stereocenters. The minimum absolute atomic E-state index is 0.356. The first kappa shape index (κ1) is 9.28. The summed E-state index contributed by atoms with van der Waals surface area (Å²) in [6, 6.07) is 0. The average molecular weight is 180 g/mol. The van der Waals surface area contributed by atoms with Gasteiger partial charge < -0.3 is 20.4 Å². The van der Waals surface area contributed by atoms with Gasteiger partial charge in [0.05, 0.1) is 12.2 Å². The molecule has 1 heterocycles. The summed E-state index contributed by atoms with van der Waals surface area (Å²) in [7, 11) is 0. The van der Waals surface area contributed by atoms with Crippen molar-refractivity contribution < 1.29 is 20.4 Å². The van der Waals surface area contributed by atoms with E-state index < -0.39 is 24.4 Å². The van der Waals surface area contributed by atoms with E-state index in [0.29, 0.717) is 11.5 Å². The number of rotatable bonds is 0. The van der Waals surface area contributed by atoms with Gasteiger partial charge in [-0.3, -0.25) is 0 Å². The third-order valence-corrected chi connectivity index (χ3v) is 2.87. The van der Waals surface area contributed by atoms with Crippen molar-refractivity contribution >= 4 is 11.8 Å². The van der Waals surface area contributed by atoms with E-state index in [2.05, 4.69) is 0 Å². The SMILES string of the molecule is OC1CSCC(O)C(O)C1O. The number of hydrogen-bond acceptors (Lipinski definition) is 5. The molecule has 0 aromatic carbocycles. The molecule has 1 aliphatic heterocycles. The van der Waals surface area contributed by atoms with Crippen LogP contribution < -0.4 is 0 Å². The molecule has 0 aromatic rings. The summed E-state index contributed by atoms with van der Waals surface area (Å²) in [6.45, 7) is 0. The van der Waals surface area contributed by atoms with Gasteiger partial charge in [0.1, 0.15) is 12.2 Å². The van der Waals surface area contributed by atoms with Crippen molar-refractivity contribution in [1.82, 2.24) is 0 Å². The fraction of sp³-hybridized carbons (Fsp3) is 1.00. The second-order valence-corrected chi connectivity index (χ2v) is 3.73. The van der Waals surface area contributed by atoms with E-state index >= 15 is 0 Å². The highest BCUT2D eigenvalue weighted by atomic mass is 32.2. The summed E-state index contributed by atoms with van der Waals surface area (Å²) in [6.07, 6.45) is -4.32. The van der Waals surface area contributed by atoms with Crippen LogP contribution in [0.5, 0.6) is 0 Å². The molecule has 4 unspecified atom stereocenters. The predicted octanol–water partition coefficient (Wildman–Crippen LogP) is -1.82. The van der Waals surface area contributed by atoms with Gasteiger partial charge in [0.2, 0.25) is 0 Å². The molecule has 4 nitrogen and oxygen atoms in total. The Morgan fingerprint density at radius 1 is 0.818 bits per heavy atom. The Labute approximate surface area is 68.9 Å². The van der Waals surface area contributed by atoms with Gasteiger partial charge in [-0.15, -0.1) is 0 Å². The lowest BCUT2D eigenvalue weighted by Gasteiger charge is -2.21. The molecule has 1 fully saturated rings. The highest BCUT2D eigenvalue weighted by molar-refractivity contribution is 7.99. The van der Waals surface area contributed by atoms with Crippen molar-refractivity contribution in [2.75, 3.05) is 11.5 Å². The molecule has 0 aliphatic carbocycles. The van der Waals surface area contributed by atoms with Crippen molar-refractivity contribution in [3.05, 3.63) is 0 Å². The quantitative estimate of drug-likeness (QED) is 0.353. The van der Waals surface area contributed by atoms with E-state index in [1.54, 1.807) is 0 Å². The van der Waals surface area contributed by atoms with Crippen LogP contribution in [0.4, 0.5) is 0 Å². The van der Waals surface area contributed by atoms with Crippen LogP contribution in [0.15, 0.2) is 0 Å². The van der Waals surface area contributed by atoms with E-state index in [-0.39, 0.29) is 0 Å². The van der Waals surface area contributed by atoms with Gasteiger partial charge in [0.25, 0.3) is 0 Å². The molecule has 0 amide bonds. The minimum Gasteiger partial charge on any atom is -0.389 e. The van der Waals surface area contributed by atoms with E-state index in [1.165, 1.54) is 11.8 Å². The van der Waals surface area contributed by atoms with Crippen molar-refractivity contribution in [3.8, 4) is 0 Å². The molecule has 1 saturated heterocycles. The maximum atomic E-state index is 9.12. The lowest BCUT2D eigenvalue weighted by molar-refractivity contribution is -0.0894. The second-order valence-electron chi connectivity index (χ2n) is 2.65. The molecule has 11 heavy (non-hydrogen) atoms. The van der Waals surface area contributed by atoms with Crippen LogP contribution in [0, 0.1) is 0 Å². The predicted molar refractivity (Wildman–Crippen MR) is 41.4 cm³/mol. The van der Waals surface area contributed by atoms with Crippen molar-refractivity contribution in [1.29, 1.82) is 0 Å². The summed E-state index contributed by atoms with van der Waals surface area (Å²) in [5, 5.41) is 36.5. The molecule has 0 spiro atoms. The molecule has 4 N–H and O–H groups in total. The van der Waals surface area contributed by atoms with Gasteiger partial charge in [-0.25, -0.2) is 0 Å². The molecular weight excluding hydrogens is 168 g/mol. The molecule has 0 radical (unpaired) electrons. The van der Waals surface area contributed by atoms with Crippen LogP contribution in [0.1, 0.15) is 0 Å². The number of hydrogen-bond donors (Lipinski definition) is 4. The lowest BCUT2D eigenvalue weighted by Crippen LogP contribution is -2.43. The Hall–Kier alpha value is 0.190. The third kappa shape index (κ3) is 2.07. The highest BCUT2D eigenvalue weighted by Crippen LogP contribution is 2.18. The highest BCUT2D eigenvalue weighted by Gasteiger charge is 2.33. The van der Waals surface area contributed by atoms with E-state index in [1.807, 2.05) is 0 Å². The largest absolute Gasteiger partial charge is 0.389 e. The maximum Gasteiger partial charge on any atom is 0.109 e. The van der Waals surface area contributed by atoms with Crippen LogP contribution in [0.2, 0.25) is 0 Å². The lowest BCUT2D eigenvalue weighted by atomic mass is 10.1. The summed E-state index contributed by atoms with van der Waals surface area (Å²) < 4.78 is 0. The van der Waals surface area contributed by atoms with Crippen molar-refractivity contribution in [2.24, 2.45) is 0 Å². The normalized spacial score (nSPS) is 46.9. The van der Waals surface area contributed by atoms with Gasteiger partial charge in [-0.2, -0.15) is 11.8 Å². The van der Waals surface area contributed by atoms with Gasteiger partial charge in [0, 0.05) is 11.5 Å². The molecule has 66 valence electrons. The molecule has 1 aliphatic rings. The van der Waals surface area contributed by atoms with Gasteiger partial charge in [0.15, 0.2) is 0 Å². The van der Waals surface area contributed by atoms with E-state index in [4.69, 9.17) is 20.4 Å². The first-order chi connectivity index (χ1) is 5.13. The molecule has 0 bridgehead atoms. The van der Waals surface area contributed by atoms with Crippen LogP contribution >= 0.6 is 11.8 Å². The van der Waals surface area contributed by atoms with E-state index in [0.717, 1.165) is 0 Å². The minimum atomic E-state index is -1.22. The Balaban J connectivity index is 2.58. The zero-order valence-electron chi connectivity index (χ0n) is 5.92. The first-order valence-electron chi connectivity index (χ1n) is 3.43. The van der Waals surface area contributed by atoms with E-state index in [9.17, 15) is 0 Å². The number of thioether (sulfide) groups is 1. The van der Waals surface area contributed by atoms with Crippen LogP contribution in [-0.2, 0) is 0 Å². The average Bonchev–Trinajstić information content (AvgIpc) is 2.07. The zero-order valence-corrected chi connectivity index (χ0v) is 6.74. The summed E-state index contributed by atoms with van der Waals surface area (Å²) in [4.78, 5) is 0. The van der Waals surface area contributed by atoms with Crippen LogP contribution in [0.25, 0.3) is 0 Å². The molecular formula is C6H12O4S. The maximum absolute atomic E-state index is 9.12. The number of aliphatic hydroxyl groups excluding tert-OH is 4. The van der Waals surface area contributed by atoms with Crippen molar-refractivity contribution in [2.45, 2.75) is 24.4 Å². The molecule has 5 heteroatoms. The second kappa shape index (κ2) is 3.73. The smallest absolute Gasteiger partial charge is 0.109 e. The third-order valence-electron chi connectivity index (χ3n) is 1.72. The standard InChI is InChI=1S/C6H12O4S/c7-3-1-11-2-4(8)6(10)5(3)9/h3-10H,1-2H2. The molecule has 0 aromatic heterocycles. The fourth-order valence-electron chi connectivity index (χ4n) is 0.962. The molecule has 1 rings (SSSR count). The van der Waals surface area contributed by atoms with Crippen LogP contribution in [0.3, 0.4) is 0 Å². The summed E-state index contributed by atoms with van der Waals surface area (Å²) >= 11 is 1.32. The Morgan fingerprint density at radius 2 is 1.18 bits per heavy atom.